The van der Waals surface area contributed by atoms with Gasteiger partial charge in [-0.25, -0.2) is 4.39 Å². The van der Waals surface area contributed by atoms with Crippen LogP contribution in [0.2, 0.25) is 0 Å². The van der Waals surface area contributed by atoms with Crippen LogP contribution < -0.4 is 10.1 Å². The van der Waals surface area contributed by atoms with Crippen molar-refractivity contribution in [2.75, 3.05) is 5.75 Å². The number of ether oxygens (including phenoxy) is 1. The first-order chi connectivity index (χ1) is 15.6. The maximum Gasteiger partial charge on any atom is 0.230 e. The summed E-state index contributed by atoms with van der Waals surface area (Å²) in [7, 11) is 0. The Labute approximate surface area is 191 Å². The van der Waals surface area contributed by atoms with E-state index in [-0.39, 0.29) is 30.1 Å². The summed E-state index contributed by atoms with van der Waals surface area (Å²) in [5.41, 5.74) is 0.855. The fraction of sp³-hybridized carbons (Fsp3) is 0.375. The molecule has 2 atom stereocenters. The van der Waals surface area contributed by atoms with Crippen molar-refractivity contribution in [2.24, 2.45) is 5.92 Å². The van der Waals surface area contributed by atoms with Crippen LogP contribution in [-0.4, -0.2) is 32.5 Å². The Balaban J connectivity index is 1.47. The standard InChI is InChI=1S/C24H27FN4O2S/c1-17-9-5-7-13-20(17)26-23(30)16-32-24-28-27-22(29(24)18-10-3-2-4-11-18)15-31-21-14-8-6-12-19(21)25/h2-4,6,8,10-12,14,17,20H,5,7,9,13,15-16H2,1H3,(H,26,30)/t17-,20-/m0/s1. The molecule has 0 radical (unpaired) electrons. The fourth-order valence-electron chi connectivity index (χ4n) is 3.94. The van der Waals surface area contributed by atoms with E-state index in [1.165, 1.54) is 24.2 Å². The van der Waals surface area contributed by atoms with E-state index in [1.807, 2.05) is 34.9 Å². The lowest BCUT2D eigenvalue weighted by Crippen LogP contribution is -2.41. The summed E-state index contributed by atoms with van der Waals surface area (Å²) in [6.45, 7) is 2.25. The summed E-state index contributed by atoms with van der Waals surface area (Å²) in [5.74, 6) is 1.02. The highest BCUT2D eigenvalue weighted by atomic mass is 32.2. The van der Waals surface area contributed by atoms with E-state index >= 15 is 0 Å². The Kier molecular flexibility index (Phi) is 7.42. The molecular formula is C24H27FN4O2S. The van der Waals surface area contributed by atoms with E-state index < -0.39 is 5.82 Å². The van der Waals surface area contributed by atoms with Gasteiger partial charge in [0.2, 0.25) is 5.91 Å². The second kappa shape index (κ2) is 10.6. The van der Waals surface area contributed by atoms with Crippen LogP contribution in [0.25, 0.3) is 5.69 Å². The van der Waals surface area contributed by atoms with Crippen LogP contribution in [0.4, 0.5) is 4.39 Å². The number of carbonyl (C=O) groups excluding carboxylic acids is 1. The Morgan fingerprint density at radius 3 is 2.66 bits per heavy atom. The predicted octanol–water partition coefficient (Wildman–Crippen LogP) is 4.77. The lowest BCUT2D eigenvalue weighted by Gasteiger charge is -2.29. The normalized spacial score (nSPS) is 18.3. The van der Waals surface area contributed by atoms with Gasteiger partial charge >= 0.3 is 0 Å². The maximum atomic E-state index is 13.9. The van der Waals surface area contributed by atoms with E-state index in [1.54, 1.807) is 18.2 Å². The van der Waals surface area contributed by atoms with Crippen molar-refractivity contribution in [3.8, 4) is 11.4 Å². The van der Waals surface area contributed by atoms with Crippen molar-refractivity contribution in [3.05, 3.63) is 66.2 Å². The topological polar surface area (TPSA) is 69.0 Å². The number of amides is 1. The van der Waals surface area contributed by atoms with Crippen LogP contribution in [-0.2, 0) is 11.4 Å². The molecule has 1 aromatic heterocycles. The Morgan fingerprint density at radius 2 is 1.88 bits per heavy atom. The molecule has 0 aliphatic heterocycles. The Bertz CT molecular complexity index is 1040. The third-order valence-corrected chi connectivity index (χ3v) is 6.63. The average molecular weight is 455 g/mol. The minimum atomic E-state index is -0.429. The van der Waals surface area contributed by atoms with Gasteiger partial charge in [0.1, 0.15) is 6.61 Å². The van der Waals surface area contributed by atoms with Gasteiger partial charge in [0.15, 0.2) is 22.5 Å². The van der Waals surface area contributed by atoms with Crippen molar-refractivity contribution in [1.29, 1.82) is 0 Å². The third-order valence-electron chi connectivity index (χ3n) is 5.70. The number of halogens is 1. The molecule has 1 aliphatic carbocycles. The number of para-hydroxylation sites is 2. The average Bonchev–Trinajstić information content (AvgIpc) is 3.22. The number of benzene rings is 2. The van der Waals surface area contributed by atoms with Crippen LogP contribution in [0.5, 0.6) is 5.75 Å². The molecule has 8 heteroatoms. The molecule has 0 spiro atoms. The van der Waals surface area contributed by atoms with Gasteiger partial charge in [-0.2, -0.15) is 0 Å². The number of aromatic nitrogens is 3. The summed E-state index contributed by atoms with van der Waals surface area (Å²) in [6.07, 6.45) is 4.59. The third kappa shape index (κ3) is 5.48. The first-order valence-electron chi connectivity index (χ1n) is 10.9. The van der Waals surface area contributed by atoms with E-state index in [4.69, 9.17) is 4.74 Å². The molecule has 3 aromatic rings. The number of hydrogen-bond donors (Lipinski definition) is 1. The predicted molar refractivity (Wildman–Crippen MR) is 122 cm³/mol. The minimum absolute atomic E-state index is 0.000480. The molecule has 0 unspecified atom stereocenters. The summed E-state index contributed by atoms with van der Waals surface area (Å²) in [5, 5.41) is 12.3. The van der Waals surface area contributed by atoms with Gasteiger partial charge in [-0.05, 0) is 43.0 Å². The van der Waals surface area contributed by atoms with Crippen LogP contribution in [0.1, 0.15) is 38.4 Å². The molecule has 0 bridgehead atoms. The summed E-state index contributed by atoms with van der Waals surface area (Å²) in [6, 6.07) is 16.1. The largest absolute Gasteiger partial charge is 0.483 e. The lowest BCUT2D eigenvalue weighted by atomic mass is 9.86. The second-order valence-electron chi connectivity index (χ2n) is 8.01. The van der Waals surface area contributed by atoms with Crippen molar-refractivity contribution in [2.45, 2.75) is 50.4 Å². The van der Waals surface area contributed by atoms with Crippen LogP contribution in [0, 0.1) is 11.7 Å². The highest BCUT2D eigenvalue weighted by Gasteiger charge is 2.23. The van der Waals surface area contributed by atoms with Gasteiger partial charge < -0.3 is 10.1 Å². The van der Waals surface area contributed by atoms with Crippen LogP contribution in [0.15, 0.2) is 59.8 Å². The first-order valence-corrected chi connectivity index (χ1v) is 11.9. The van der Waals surface area contributed by atoms with Gasteiger partial charge in [0.05, 0.1) is 5.75 Å². The first kappa shape index (κ1) is 22.3. The smallest absolute Gasteiger partial charge is 0.230 e. The molecule has 0 saturated heterocycles. The monoisotopic (exact) mass is 454 g/mol. The highest BCUT2D eigenvalue weighted by molar-refractivity contribution is 7.99. The fourth-order valence-corrected chi connectivity index (χ4v) is 4.72. The molecule has 4 rings (SSSR count). The number of rotatable bonds is 8. The molecule has 1 fully saturated rings. The highest BCUT2D eigenvalue weighted by Crippen LogP contribution is 2.26. The second-order valence-corrected chi connectivity index (χ2v) is 8.96. The molecular weight excluding hydrogens is 427 g/mol. The quantitative estimate of drug-likeness (QED) is 0.497. The van der Waals surface area contributed by atoms with E-state index in [9.17, 15) is 9.18 Å². The molecule has 168 valence electrons. The molecule has 2 aromatic carbocycles. The maximum absolute atomic E-state index is 13.9. The minimum Gasteiger partial charge on any atom is -0.483 e. The number of carbonyl (C=O) groups is 1. The number of hydrogen-bond acceptors (Lipinski definition) is 5. The SMILES string of the molecule is C[C@H]1CCCC[C@@H]1NC(=O)CSc1nnc(COc2ccccc2F)n1-c1ccccc1. The lowest BCUT2D eigenvalue weighted by molar-refractivity contribution is -0.119. The van der Waals surface area contributed by atoms with Crippen molar-refractivity contribution >= 4 is 17.7 Å². The van der Waals surface area contributed by atoms with Crippen molar-refractivity contribution < 1.29 is 13.9 Å². The molecule has 1 amide bonds. The van der Waals surface area contributed by atoms with E-state index in [0.29, 0.717) is 16.9 Å². The molecule has 6 nitrogen and oxygen atoms in total. The summed E-state index contributed by atoms with van der Waals surface area (Å²) < 4.78 is 21.4. The van der Waals surface area contributed by atoms with Crippen LogP contribution >= 0.6 is 11.8 Å². The number of thioether (sulfide) groups is 1. The van der Waals surface area contributed by atoms with Crippen molar-refractivity contribution in [3.63, 3.8) is 0 Å². The van der Waals surface area contributed by atoms with E-state index in [0.717, 1.165) is 24.9 Å². The summed E-state index contributed by atoms with van der Waals surface area (Å²) >= 11 is 1.33. The number of nitrogens with zero attached hydrogens (tertiary/aromatic N) is 3. The van der Waals surface area contributed by atoms with Gasteiger partial charge in [-0.1, -0.05) is 61.9 Å². The number of nitrogens with one attached hydrogen (secondary N) is 1. The Morgan fingerprint density at radius 1 is 1.12 bits per heavy atom. The zero-order chi connectivity index (χ0) is 22.3. The van der Waals surface area contributed by atoms with Gasteiger partial charge in [0.25, 0.3) is 0 Å². The molecule has 1 saturated carbocycles. The Hall–Kier alpha value is -2.87. The van der Waals surface area contributed by atoms with Gasteiger partial charge in [0, 0.05) is 11.7 Å². The van der Waals surface area contributed by atoms with Gasteiger partial charge in [-0.3, -0.25) is 9.36 Å². The molecule has 1 aliphatic rings. The molecule has 1 heterocycles. The molecule has 1 N–H and O–H groups in total. The zero-order valence-electron chi connectivity index (χ0n) is 18.0. The van der Waals surface area contributed by atoms with Crippen molar-refractivity contribution in [1.82, 2.24) is 20.1 Å². The molecule has 32 heavy (non-hydrogen) atoms. The van der Waals surface area contributed by atoms with E-state index in [2.05, 4.69) is 22.4 Å². The van der Waals surface area contributed by atoms with Crippen LogP contribution in [0.3, 0.4) is 0 Å². The summed E-state index contributed by atoms with van der Waals surface area (Å²) in [4.78, 5) is 12.6. The van der Waals surface area contributed by atoms with Gasteiger partial charge in [-0.15, -0.1) is 10.2 Å². The zero-order valence-corrected chi connectivity index (χ0v) is 18.9.